The molecule has 0 fully saturated rings. The van der Waals surface area contributed by atoms with Crippen molar-refractivity contribution in [1.82, 2.24) is 5.32 Å². The van der Waals surface area contributed by atoms with Crippen LogP contribution in [0.2, 0.25) is 0 Å². The Kier molecular flexibility index (Phi) is 5.10. The molecule has 1 aromatic carbocycles. The van der Waals surface area contributed by atoms with Crippen molar-refractivity contribution in [1.29, 1.82) is 0 Å². The van der Waals surface area contributed by atoms with Crippen molar-refractivity contribution in [2.75, 3.05) is 11.5 Å². The van der Waals surface area contributed by atoms with Crippen LogP contribution in [0.1, 0.15) is 17.3 Å². The third-order valence-corrected chi connectivity index (χ3v) is 4.71. The van der Waals surface area contributed by atoms with Crippen molar-refractivity contribution in [2.45, 2.75) is 11.8 Å². The Morgan fingerprint density at radius 2 is 1.95 bits per heavy atom. The van der Waals surface area contributed by atoms with E-state index in [1.807, 2.05) is 0 Å². The average molecular weight is 334 g/mol. The first-order valence-electron chi connectivity index (χ1n) is 5.64. The fraction of sp³-hybridized carbons (Fsp3) is 0.182. The van der Waals surface area contributed by atoms with Gasteiger partial charge in [0.15, 0.2) is 9.84 Å². The molecule has 0 aliphatic rings. The fourth-order valence-corrected chi connectivity index (χ4v) is 2.40. The van der Waals surface area contributed by atoms with E-state index in [1.165, 1.54) is 13.0 Å². The highest BCUT2D eigenvalue weighted by Gasteiger charge is 2.16. The SMILES string of the molecule is CCS(=O)(=O)C=CNC(=O)c1ccc(N)c(S(=O)(=O)O)c1. The predicted octanol–water partition coefficient (Wildman–Crippen LogP) is 0.151. The number of benzene rings is 1. The highest BCUT2D eigenvalue weighted by molar-refractivity contribution is 7.94. The summed E-state index contributed by atoms with van der Waals surface area (Å²) in [7, 11) is -7.94. The molecule has 0 aliphatic carbocycles. The van der Waals surface area contributed by atoms with Crippen molar-refractivity contribution < 1.29 is 26.2 Å². The molecule has 1 rings (SSSR count). The van der Waals surface area contributed by atoms with E-state index in [4.69, 9.17) is 10.3 Å². The monoisotopic (exact) mass is 334 g/mol. The minimum Gasteiger partial charge on any atom is -0.398 e. The largest absolute Gasteiger partial charge is 0.398 e. The maximum absolute atomic E-state index is 11.7. The van der Waals surface area contributed by atoms with E-state index in [0.717, 1.165) is 23.7 Å². The molecule has 4 N–H and O–H groups in total. The number of rotatable bonds is 5. The Balaban J connectivity index is 3.00. The Morgan fingerprint density at radius 1 is 1.33 bits per heavy atom. The van der Waals surface area contributed by atoms with E-state index in [2.05, 4.69) is 5.32 Å². The summed E-state index contributed by atoms with van der Waals surface area (Å²) in [4.78, 5) is 11.1. The maximum Gasteiger partial charge on any atom is 0.296 e. The summed E-state index contributed by atoms with van der Waals surface area (Å²) in [5.41, 5.74) is 5.08. The third kappa shape index (κ3) is 4.85. The van der Waals surface area contributed by atoms with E-state index in [9.17, 15) is 21.6 Å². The molecule has 0 aliphatic heterocycles. The summed E-state index contributed by atoms with van der Waals surface area (Å²) >= 11 is 0. The highest BCUT2D eigenvalue weighted by atomic mass is 32.2. The minimum absolute atomic E-state index is 0.102. The molecule has 0 saturated carbocycles. The lowest BCUT2D eigenvalue weighted by Crippen LogP contribution is -2.18. The lowest BCUT2D eigenvalue weighted by Gasteiger charge is -2.05. The van der Waals surface area contributed by atoms with Crippen molar-refractivity contribution in [2.24, 2.45) is 0 Å². The van der Waals surface area contributed by atoms with E-state index >= 15 is 0 Å². The van der Waals surface area contributed by atoms with Gasteiger partial charge in [-0.05, 0) is 18.2 Å². The third-order valence-electron chi connectivity index (χ3n) is 2.45. The van der Waals surface area contributed by atoms with Gasteiger partial charge < -0.3 is 11.1 Å². The molecule has 21 heavy (non-hydrogen) atoms. The Hall–Kier alpha value is -1.91. The Labute approximate surface area is 122 Å². The van der Waals surface area contributed by atoms with Gasteiger partial charge in [0.2, 0.25) is 0 Å². The number of hydrogen-bond donors (Lipinski definition) is 3. The quantitative estimate of drug-likeness (QED) is 0.513. The van der Waals surface area contributed by atoms with Gasteiger partial charge in [-0.3, -0.25) is 9.35 Å². The van der Waals surface area contributed by atoms with Crippen molar-refractivity contribution in [3.8, 4) is 0 Å². The second-order valence-corrected chi connectivity index (χ2v) is 7.52. The van der Waals surface area contributed by atoms with Crippen LogP contribution in [0.15, 0.2) is 34.7 Å². The van der Waals surface area contributed by atoms with Crippen LogP contribution in [-0.4, -0.2) is 33.0 Å². The summed E-state index contributed by atoms with van der Waals surface area (Å²) in [6.07, 6.45) is 0.935. The molecule has 0 aromatic heterocycles. The van der Waals surface area contributed by atoms with Crippen LogP contribution in [0.5, 0.6) is 0 Å². The number of nitrogen functional groups attached to an aromatic ring is 1. The van der Waals surface area contributed by atoms with Gasteiger partial charge in [-0.1, -0.05) is 6.92 Å². The van der Waals surface area contributed by atoms with Gasteiger partial charge in [-0.2, -0.15) is 8.42 Å². The molecule has 116 valence electrons. The molecule has 8 nitrogen and oxygen atoms in total. The molecule has 0 saturated heterocycles. The first kappa shape index (κ1) is 17.1. The molecule has 0 heterocycles. The fourth-order valence-electron chi connectivity index (χ4n) is 1.29. The number of hydrogen-bond acceptors (Lipinski definition) is 6. The minimum atomic E-state index is -4.56. The molecule has 1 amide bonds. The Bertz CT molecular complexity index is 781. The number of carbonyl (C=O) groups excluding carboxylic acids is 1. The van der Waals surface area contributed by atoms with Gasteiger partial charge in [-0.25, -0.2) is 8.42 Å². The second-order valence-electron chi connectivity index (χ2n) is 3.96. The molecule has 0 bridgehead atoms. The number of anilines is 1. The normalized spacial score (nSPS) is 12.5. The zero-order valence-electron chi connectivity index (χ0n) is 11.0. The molecule has 0 atom stereocenters. The molecule has 0 unspecified atom stereocenters. The lowest BCUT2D eigenvalue weighted by molar-refractivity contribution is 0.0970. The van der Waals surface area contributed by atoms with E-state index in [1.54, 1.807) is 0 Å². The van der Waals surface area contributed by atoms with E-state index in [-0.39, 0.29) is 17.0 Å². The molecule has 0 spiro atoms. The van der Waals surface area contributed by atoms with Crippen LogP contribution in [0.4, 0.5) is 5.69 Å². The number of nitrogens with two attached hydrogens (primary N) is 1. The summed E-state index contributed by atoms with van der Waals surface area (Å²) in [6.45, 7) is 1.44. The summed E-state index contributed by atoms with van der Waals surface area (Å²) < 4.78 is 53.4. The smallest absolute Gasteiger partial charge is 0.296 e. The van der Waals surface area contributed by atoms with Crippen LogP contribution in [0.3, 0.4) is 0 Å². The standard InChI is InChI=1S/C11H14N2O6S2/c1-2-20(15,16)6-5-13-11(14)8-3-4-9(12)10(7-8)21(17,18)19/h3-7H,2,12H2,1H3,(H,13,14)(H,17,18,19). The van der Waals surface area contributed by atoms with E-state index in [0.29, 0.717) is 0 Å². The number of nitrogens with one attached hydrogen (secondary N) is 1. The second kappa shape index (κ2) is 6.24. The van der Waals surface area contributed by atoms with Gasteiger partial charge in [0.05, 0.1) is 11.4 Å². The molecular weight excluding hydrogens is 320 g/mol. The van der Waals surface area contributed by atoms with Crippen LogP contribution < -0.4 is 11.1 Å². The zero-order valence-corrected chi connectivity index (χ0v) is 12.6. The molecular formula is C11H14N2O6S2. The number of carbonyl (C=O) groups is 1. The lowest BCUT2D eigenvalue weighted by atomic mass is 10.2. The molecule has 10 heteroatoms. The summed E-state index contributed by atoms with van der Waals surface area (Å²) in [5, 5.41) is 3.00. The van der Waals surface area contributed by atoms with Crippen LogP contribution >= 0.6 is 0 Å². The van der Waals surface area contributed by atoms with Crippen molar-refractivity contribution >= 4 is 31.5 Å². The van der Waals surface area contributed by atoms with Gasteiger partial charge in [0.1, 0.15) is 4.90 Å². The topological polar surface area (TPSA) is 144 Å². The van der Waals surface area contributed by atoms with Crippen molar-refractivity contribution in [3.63, 3.8) is 0 Å². The van der Waals surface area contributed by atoms with Gasteiger partial charge in [-0.15, -0.1) is 0 Å². The maximum atomic E-state index is 11.7. The number of sulfone groups is 1. The number of amides is 1. The van der Waals surface area contributed by atoms with Crippen LogP contribution in [0.25, 0.3) is 0 Å². The van der Waals surface area contributed by atoms with Crippen molar-refractivity contribution in [3.05, 3.63) is 35.4 Å². The van der Waals surface area contributed by atoms with Crippen LogP contribution in [-0.2, 0) is 20.0 Å². The predicted molar refractivity (Wildman–Crippen MR) is 76.7 cm³/mol. The van der Waals surface area contributed by atoms with Crippen LogP contribution in [0, 0.1) is 0 Å². The van der Waals surface area contributed by atoms with Gasteiger partial charge >= 0.3 is 0 Å². The summed E-state index contributed by atoms with van der Waals surface area (Å²) in [6, 6.07) is 3.27. The first-order chi connectivity index (χ1) is 9.57. The Morgan fingerprint density at radius 3 is 2.48 bits per heavy atom. The van der Waals surface area contributed by atoms with Gasteiger partial charge in [0.25, 0.3) is 16.0 Å². The summed E-state index contributed by atoms with van der Waals surface area (Å²) in [5.74, 6) is -0.865. The molecule has 0 radical (unpaired) electrons. The van der Waals surface area contributed by atoms with E-state index < -0.39 is 30.8 Å². The molecule has 1 aromatic rings. The highest BCUT2D eigenvalue weighted by Crippen LogP contribution is 2.19. The zero-order chi connectivity index (χ0) is 16.3. The van der Waals surface area contributed by atoms with Gasteiger partial charge in [0, 0.05) is 17.2 Å². The average Bonchev–Trinajstić information content (AvgIpc) is 2.37. The first-order valence-corrected chi connectivity index (χ1v) is 8.79.